The van der Waals surface area contributed by atoms with Crippen molar-refractivity contribution in [1.82, 2.24) is 30.1 Å². The summed E-state index contributed by atoms with van der Waals surface area (Å²) in [7, 11) is 0. The van der Waals surface area contributed by atoms with Crippen LogP contribution in [0, 0.1) is 13.8 Å². The molecule has 1 aromatic carbocycles. The van der Waals surface area contributed by atoms with Crippen molar-refractivity contribution < 1.29 is 9.15 Å². The van der Waals surface area contributed by atoms with Crippen molar-refractivity contribution in [3.8, 4) is 0 Å². The first kappa shape index (κ1) is 23.4. The van der Waals surface area contributed by atoms with Gasteiger partial charge in [-0.25, -0.2) is 4.68 Å². The number of aryl methyl sites for hydroxylation is 2. The number of nitrogens with zero attached hydrogens (tertiary/aromatic N) is 5. The molecule has 4 heterocycles. The largest absolute Gasteiger partial charge is 0.468 e. The van der Waals surface area contributed by atoms with Gasteiger partial charge in [0.05, 0.1) is 37.0 Å². The molecule has 3 aromatic heterocycles. The van der Waals surface area contributed by atoms with E-state index in [1.54, 1.807) is 6.26 Å². The minimum absolute atomic E-state index is 0.0808. The molecular weight excluding hydrogens is 444 g/mol. The molecular formula is C26H32N6O3. The van der Waals surface area contributed by atoms with Gasteiger partial charge in [-0.3, -0.25) is 9.69 Å². The molecule has 0 unspecified atom stereocenters. The summed E-state index contributed by atoms with van der Waals surface area (Å²) in [4.78, 5) is 18.5. The third kappa shape index (κ3) is 5.06. The summed E-state index contributed by atoms with van der Waals surface area (Å²) in [5, 5.41) is 13.7. The van der Waals surface area contributed by atoms with Gasteiger partial charge < -0.3 is 14.1 Å². The third-order valence-corrected chi connectivity index (χ3v) is 6.77. The standard InChI is InChI=1S/C26H32N6O3/c1-4-23(25-28-29-30-32(25)16-22-8-6-10-35-22)31(15-21-7-5-9-34-21)14-20-13-19-12-17(2)11-18(3)24(19)27-26(20)33/h5,7,9,11-13,22-23H,4,6,8,10,14-16H2,1-3H3,(H,27,33)/t22-,23-/m1/s1. The summed E-state index contributed by atoms with van der Waals surface area (Å²) in [5.41, 5.74) is 3.74. The van der Waals surface area contributed by atoms with E-state index in [4.69, 9.17) is 9.15 Å². The van der Waals surface area contributed by atoms with E-state index in [0.29, 0.717) is 25.2 Å². The minimum atomic E-state index is -0.106. The fourth-order valence-corrected chi connectivity index (χ4v) is 5.11. The molecule has 0 aliphatic carbocycles. The molecule has 9 nitrogen and oxygen atoms in total. The quantitative estimate of drug-likeness (QED) is 0.389. The number of hydrogen-bond donors (Lipinski definition) is 1. The zero-order valence-corrected chi connectivity index (χ0v) is 20.5. The molecule has 0 amide bonds. The highest BCUT2D eigenvalue weighted by Crippen LogP contribution is 2.28. The van der Waals surface area contributed by atoms with E-state index >= 15 is 0 Å². The topological polar surface area (TPSA) is 102 Å². The molecule has 184 valence electrons. The van der Waals surface area contributed by atoms with Gasteiger partial charge in [0, 0.05) is 18.7 Å². The van der Waals surface area contributed by atoms with Crippen LogP contribution < -0.4 is 5.56 Å². The lowest BCUT2D eigenvalue weighted by atomic mass is 10.0. The Kier molecular flexibility index (Phi) is 6.79. The number of aromatic nitrogens is 5. The molecule has 0 saturated carbocycles. The van der Waals surface area contributed by atoms with Crippen LogP contribution in [0.2, 0.25) is 0 Å². The van der Waals surface area contributed by atoms with Gasteiger partial charge in [-0.1, -0.05) is 18.6 Å². The number of nitrogens with one attached hydrogen (secondary N) is 1. The molecule has 9 heteroatoms. The molecule has 0 radical (unpaired) electrons. The number of rotatable bonds is 9. The number of H-pyrrole nitrogens is 1. The fraction of sp³-hybridized carbons (Fsp3) is 0.462. The van der Waals surface area contributed by atoms with Crippen molar-refractivity contribution in [2.45, 2.75) is 71.8 Å². The molecule has 1 saturated heterocycles. The number of benzene rings is 1. The Morgan fingerprint density at radius 1 is 1.26 bits per heavy atom. The van der Waals surface area contributed by atoms with E-state index in [-0.39, 0.29) is 17.7 Å². The van der Waals surface area contributed by atoms with E-state index in [9.17, 15) is 4.79 Å². The lowest BCUT2D eigenvalue weighted by molar-refractivity contribution is 0.0882. The van der Waals surface area contributed by atoms with E-state index < -0.39 is 0 Å². The maximum atomic E-state index is 13.1. The first-order chi connectivity index (χ1) is 17.0. The van der Waals surface area contributed by atoms with Crippen molar-refractivity contribution in [3.63, 3.8) is 0 Å². The highest BCUT2D eigenvalue weighted by Gasteiger charge is 2.28. The third-order valence-electron chi connectivity index (χ3n) is 6.77. The lowest BCUT2D eigenvalue weighted by Crippen LogP contribution is -2.33. The Labute approximate surface area is 204 Å². The Bertz CT molecular complexity index is 1340. The zero-order chi connectivity index (χ0) is 24.4. The smallest absolute Gasteiger partial charge is 0.252 e. The van der Waals surface area contributed by atoms with Crippen LogP contribution in [0.25, 0.3) is 10.9 Å². The molecule has 5 rings (SSSR count). The number of ether oxygens (including phenoxy) is 1. The molecule has 0 spiro atoms. The number of aromatic amines is 1. The first-order valence-electron chi connectivity index (χ1n) is 12.3. The first-order valence-corrected chi connectivity index (χ1v) is 12.3. The van der Waals surface area contributed by atoms with Crippen LogP contribution in [0.4, 0.5) is 0 Å². The van der Waals surface area contributed by atoms with E-state index in [1.165, 1.54) is 5.56 Å². The fourth-order valence-electron chi connectivity index (χ4n) is 5.11. The van der Waals surface area contributed by atoms with Crippen LogP contribution in [0.1, 0.15) is 60.5 Å². The van der Waals surface area contributed by atoms with Gasteiger partial charge in [0.15, 0.2) is 5.82 Å². The van der Waals surface area contributed by atoms with E-state index in [0.717, 1.165) is 53.9 Å². The van der Waals surface area contributed by atoms with Crippen molar-refractivity contribution in [2.24, 2.45) is 0 Å². The molecule has 1 aliphatic rings. The number of fused-ring (bicyclic) bond motifs is 1. The summed E-state index contributed by atoms with van der Waals surface area (Å²) in [6.45, 7) is 8.59. The van der Waals surface area contributed by atoms with Crippen LogP contribution in [0.15, 0.2) is 45.8 Å². The lowest BCUT2D eigenvalue weighted by Gasteiger charge is -2.29. The molecule has 1 N–H and O–H groups in total. The van der Waals surface area contributed by atoms with Crippen molar-refractivity contribution in [2.75, 3.05) is 6.61 Å². The Hall–Kier alpha value is -3.30. The van der Waals surface area contributed by atoms with Crippen LogP contribution >= 0.6 is 0 Å². The van der Waals surface area contributed by atoms with Gasteiger partial charge in [-0.2, -0.15) is 0 Å². The second kappa shape index (κ2) is 10.1. The number of furan rings is 1. The van der Waals surface area contributed by atoms with Gasteiger partial charge in [0.25, 0.3) is 5.56 Å². The monoisotopic (exact) mass is 476 g/mol. The number of tetrazole rings is 1. The van der Waals surface area contributed by atoms with Crippen molar-refractivity contribution >= 4 is 10.9 Å². The van der Waals surface area contributed by atoms with Crippen LogP contribution in [0.5, 0.6) is 0 Å². The number of pyridine rings is 1. The normalized spacial score (nSPS) is 17.0. The molecule has 1 aliphatic heterocycles. The van der Waals surface area contributed by atoms with Gasteiger partial charge in [0.1, 0.15) is 5.76 Å². The second-order valence-corrected chi connectivity index (χ2v) is 9.43. The Balaban J connectivity index is 1.50. The van der Waals surface area contributed by atoms with Crippen LogP contribution in [-0.2, 0) is 24.4 Å². The predicted octanol–water partition coefficient (Wildman–Crippen LogP) is 4.06. The summed E-state index contributed by atoms with van der Waals surface area (Å²) in [6, 6.07) is 9.92. The zero-order valence-electron chi connectivity index (χ0n) is 20.5. The maximum Gasteiger partial charge on any atom is 0.252 e. The Morgan fingerprint density at radius 2 is 2.14 bits per heavy atom. The van der Waals surface area contributed by atoms with E-state index in [2.05, 4.69) is 51.4 Å². The number of hydrogen-bond acceptors (Lipinski definition) is 7. The average Bonchev–Trinajstić information content (AvgIpc) is 3.60. The SMILES string of the molecule is CC[C@H](c1nnnn1C[C@H]1CCCO1)N(Cc1ccco1)Cc1cc2cc(C)cc(C)c2[nH]c1=O. The summed E-state index contributed by atoms with van der Waals surface area (Å²) in [5.74, 6) is 1.60. The van der Waals surface area contributed by atoms with Crippen molar-refractivity contribution in [3.05, 3.63) is 75.2 Å². The van der Waals surface area contributed by atoms with Crippen LogP contribution in [0.3, 0.4) is 0 Å². The summed E-state index contributed by atoms with van der Waals surface area (Å²) in [6.07, 6.45) is 4.65. The van der Waals surface area contributed by atoms with Gasteiger partial charge in [-0.05, 0) is 78.8 Å². The molecule has 4 aromatic rings. The molecule has 35 heavy (non-hydrogen) atoms. The molecule has 2 atom stereocenters. The molecule has 0 bridgehead atoms. The molecule has 1 fully saturated rings. The van der Waals surface area contributed by atoms with Crippen LogP contribution in [-0.4, -0.2) is 42.8 Å². The average molecular weight is 477 g/mol. The second-order valence-electron chi connectivity index (χ2n) is 9.43. The highest BCUT2D eigenvalue weighted by atomic mass is 16.5. The van der Waals surface area contributed by atoms with Crippen molar-refractivity contribution in [1.29, 1.82) is 0 Å². The Morgan fingerprint density at radius 3 is 2.89 bits per heavy atom. The summed E-state index contributed by atoms with van der Waals surface area (Å²) >= 11 is 0. The minimum Gasteiger partial charge on any atom is -0.468 e. The highest BCUT2D eigenvalue weighted by molar-refractivity contribution is 5.82. The summed E-state index contributed by atoms with van der Waals surface area (Å²) < 4.78 is 13.4. The van der Waals surface area contributed by atoms with E-state index in [1.807, 2.05) is 29.8 Å². The van der Waals surface area contributed by atoms with Gasteiger partial charge in [-0.15, -0.1) is 5.10 Å². The van der Waals surface area contributed by atoms with Gasteiger partial charge >= 0.3 is 0 Å². The maximum absolute atomic E-state index is 13.1. The predicted molar refractivity (Wildman–Crippen MR) is 132 cm³/mol. The van der Waals surface area contributed by atoms with Gasteiger partial charge in [0.2, 0.25) is 0 Å².